The monoisotopic (exact) mass is 290 g/mol. The van der Waals surface area contributed by atoms with Crippen molar-refractivity contribution < 1.29 is 14.8 Å². The molecule has 0 spiro atoms. The van der Waals surface area contributed by atoms with Crippen LogP contribution in [0.5, 0.6) is 0 Å². The van der Waals surface area contributed by atoms with Crippen molar-refractivity contribution in [3.63, 3.8) is 0 Å². The van der Waals surface area contributed by atoms with Crippen LogP contribution in [0.25, 0.3) is 0 Å². The van der Waals surface area contributed by atoms with Crippen molar-refractivity contribution in [1.29, 1.82) is 0 Å². The molecule has 0 saturated carbocycles. The van der Waals surface area contributed by atoms with E-state index in [1.54, 1.807) is 6.07 Å². The Morgan fingerprint density at radius 2 is 2.00 bits per heavy atom. The highest BCUT2D eigenvalue weighted by Gasteiger charge is 2.19. The molecule has 2 rings (SSSR count). The molecule has 1 aromatic heterocycles. The van der Waals surface area contributed by atoms with Gasteiger partial charge in [-0.1, -0.05) is 30.0 Å². The summed E-state index contributed by atoms with van der Waals surface area (Å²) in [6.45, 7) is 1.87. The normalized spacial score (nSPS) is 10.2. The summed E-state index contributed by atoms with van der Waals surface area (Å²) in [4.78, 5) is 26.0. The van der Waals surface area contributed by atoms with Crippen molar-refractivity contribution in [2.24, 2.45) is 0 Å². The fraction of sp³-hybridized carbons (Fsp3) is 0.0769. The van der Waals surface area contributed by atoms with Crippen LogP contribution in [0.2, 0.25) is 0 Å². The predicted molar refractivity (Wildman–Crippen MR) is 73.2 cm³/mol. The van der Waals surface area contributed by atoms with Gasteiger partial charge in [0.05, 0.1) is 4.92 Å². The molecule has 0 bridgehead atoms. The maximum atomic E-state index is 11.0. The minimum absolute atomic E-state index is 0.0733. The third-order valence-corrected chi connectivity index (χ3v) is 3.73. The van der Waals surface area contributed by atoms with Crippen LogP contribution in [0.15, 0.2) is 46.3 Å². The molecule has 0 saturated heterocycles. The van der Waals surface area contributed by atoms with E-state index in [2.05, 4.69) is 4.98 Å². The number of aryl methyl sites for hydroxylation is 1. The van der Waals surface area contributed by atoms with Crippen LogP contribution in [0.4, 0.5) is 5.69 Å². The standard InChI is InChI=1S/C13H10N2O4S/c1-8-4-2-3-5-11(8)20-12-10(15(18)19)7-6-9(14-12)13(16)17/h2-7H,1H3,(H,16,17). The molecule has 0 radical (unpaired) electrons. The summed E-state index contributed by atoms with van der Waals surface area (Å²) < 4.78 is 0. The number of carbonyl (C=O) groups is 1. The third-order valence-electron chi connectivity index (χ3n) is 2.56. The van der Waals surface area contributed by atoms with Crippen LogP contribution in [-0.4, -0.2) is 21.0 Å². The van der Waals surface area contributed by atoms with Gasteiger partial charge in [-0.15, -0.1) is 0 Å². The van der Waals surface area contributed by atoms with Crippen LogP contribution in [0, 0.1) is 17.0 Å². The van der Waals surface area contributed by atoms with E-state index in [4.69, 9.17) is 5.11 Å². The van der Waals surface area contributed by atoms with Crippen LogP contribution in [0.3, 0.4) is 0 Å². The van der Waals surface area contributed by atoms with E-state index in [9.17, 15) is 14.9 Å². The fourth-order valence-corrected chi connectivity index (χ4v) is 2.52. The first kappa shape index (κ1) is 14.0. The lowest BCUT2D eigenvalue weighted by Gasteiger charge is -2.05. The van der Waals surface area contributed by atoms with Crippen LogP contribution >= 0.6 is 11.8 Å². The van der Waals surface area contributed by atoms with E-state index in [1.807, 2.05) is 25.1 Å². The first-order valence-corrected chi connectivity index (χ1v) is 6.43. The predicted octanol–water partition coefficient (Wildman–Crippen LogP) is 3.15. The van der Waals surface area contributed by atoms with E-state index in [-0.39, 0.29) is 16.4 Å². The second-order valence-electron chi connectivity index (χ2n) is 3.95. The molecule has 102 valence electrons. The smallest absolute Gasteiger partial charge is 0.354 e. The Balaban J connectivity index is 2.48. The van der Waals surface area contributed by atoms with Crippen molar-refractivity contribution in [3.05, 3.63) is 57.8 Å². The lowest BCUT2D eigenvalue weighted by Crippen LogP contribution is -2.03. The number of aromatic carboxylic acids is 1. The minimum Gasteiger partial charge on any atom is -0.477 e. The molecular weight excluding hydrogens is 280 g/mol. The third kappa shape index (κ3) is 2.94. The van der Waals surface area contributed by atoms with Gasteiger partial charge in [0.2, 0.25) is 0 Å². The van der Waals surface area contributed by atoms with E-state index >= 15 is 0 Å². The highest BCUT2D eigenvalue weighted by atomic mass is 32.2. The van der Waals surface area contributed by atoms with E-state index in [1.165, 1.54) is 0 Å². The molecular formula is C13H10N2O4S. The lowest BCUT2D eigenvalue weighted by atomic mass is 10.2. The molecule has 0 atom stereocenters. The summed E-state index contributed by atoms with van der Waals surface area (Å²) in [5.41, 5.74) is 0.518. The number of hydrogen-bond donors (Lipinski definition) is 1. The number of nitro groups is 1. The summed E-state index contributed by atoms with van der Waals surface area (Å²) in [6.07, 6.45) is 0. The van der Waals surface area contributed by atoms with Gasteiger partial charge >= 0.3 is 11.7 Å². The van der Waals surface area contributed by atoms with Crippen molar-refractivity contribution in [1.82, 2.24) is 4.98 Å². The van der Waals surface area contributed by atoms with E-state index in [0.717, 1.165) is 34.4 Å². The zero-order valence-corrected chi connectivity index (χ0v) is 11.3. The summed E-state index contributed by atoms with van der Waals surface area (Å²) in [5, 5.41) is 20.0. The summed E-state index contributed by atoms with van der Waals surface area (Å²) in [6, 6.07) is 9.63. The molecule has 1 aromatic carbocycles. The number of nitrogens with zero attached hydrogens (tertiary/aromatic N) is 2. The van der Waals surface area contributed by atoms with Crippen molar-refractivity contribution >= 4 is 23.4 Å². The number of benzene rings is 1. The Morgan fingerprint density at radius 1 is 1.30 bits per heavy atom. The maximum Gasteiger partial charge on any atom is 0.354 e. The van der Waals surface area contributed by atoms with E-state index < -0.39 is 10.9 Å². The Hall–Kier alpha value is -2.41. The summed E-state index contributed by atoms with van der Waals surface area (Å²) >= 11 is 1.08. The minimum atomic E-state index is -1.22. The molecule has 1 N–H and O–H groups in total. The van der Waals surface area contributed by atoms with E-state index in [0.29, 0.717) is 0 Å². The highest BCUT2D eigenvalue weighted by molar-refractivity contribution is 7.99. The van der Waals surface area contributed by atoms with Crippen LogP contribution in [-0.2, 0) is 0 Å². The second-order valence-corrected chi connectivity index (χ2v) is 4.98. The van der Waals surface area contributed by atoms with Gasteiger partial charge in [0, 0.05) is 11.0 Å². The van der Waals surface area contributed by atoms with Gasteiger partial charge in [-0.25, -0.2) is 9.78 Å². The van der Waals surface area contributed by atoms with Crippen molar-refractivity contribution in [2.75, 3.05) is 0 Å². The van der Waals surface area contributed by atoms with Gasteiger partial charge in [-0.3, -0.25) is 10.1 Å². The average molecular weight is 290 g/mol. The number of carboxylic acid groups (broad SMARTS) is 1. The number of pyridine rings is 1. The number of rotatable bonds is 4. The zero-order valence-electron chi connectivity index (χ0n) is 10.4. The molecule has 7 heteroatoms. The Kier molecular flexibility index (Phi) is 3.99. The maximum absolute atomic E-state index is 11.0. The molecule has 0 aliphatic carbocycles. The van der Waals surface area contributed by atoms with Crippen molar-refractivity contribution in [3.8, 4) is 0 Å². The molecule has 0 aliphatic rings. The topological polar surface area (TPSA) is 93.3 Å². The number of carboxylic acids is 1. The van der Waals surface area contributed by atoms with Crippen LogP contribution < -0.4 is 0 Å². The second kappa shape index (κ2) is 5.70. The fourth-order valence-electron chi connectivity index (χ4n) is 1.54. The molecule has 1 heterocycles. The van der Waals surface area contributed by atoms with Gasteiger partial charge in [0.1, 0.15) is 5.69 Å². The van der Waals surface area contributed by atoms with Crippen molar-refractivity contribution in [2.45, 2.75) is 16.8 Å². The van der Waals surface area contributed by atoms with Gasteiger partial charge in [0.15, 0.2) is 5.03 Å². The molecule has 0 aliphatic heterocycles. The molecule has 6 nitrogen and oxygen atoms in total. The van der Waals surface area contributed by atoms with Gasteiger partial charge in [-0.05, 0) is 24.6 Å². The summed E-state index contributed by atoms with van der Waals surface area (Å²) in [5.74, 6) is -1.22. The van der Waals surface area contributed by atoms with Gasteiger partial charge < -0.3 is 5.11 Å². The number of aromatic nitrogens is 1. The van der Waals surface area contributed by atoms with Gasteiger partial charge in [0.25, 0.3) is 0 Å². The Labute approximate surface area is 118 Å². The van der Waals surface area contributed by atoms with Crippen LogP contribution in [0.1, 0.15) is 16.1 Å². The zero-order chi connectivity index (χ0) is 14.7. The average Bonchev–Trinajstić information content (AvgIpc) is 2.41. The summed E-state index contributed by atoms with van der Waals surface area (Å²) in [7, 11) is 0. The SMILES string of the molecule is Cc1ccccc1Sc1nc(C(=O)O)ccc1[N+](=O)[O-]. The van der Waals surface area contributed by atoms with Gasteiger partial charge in [-0.2, -0.15) is 0 Å². The Bertz CT molecular complexity index is 688. The largest absolute Gasteiger partial charge is 0.477 e. The highest BCUT2D eigenvalue weighted by Crippen LogP contribution is 2.34. The Morgan fingerprint density at radius 3 is 2.60 bits per heavy atom. The molecule has 0 fully saturated rings. The molecule has 20 heavy (non-hydrogen) atoms. The first-order valence-electron chi connectivity index (χ1n) is 5.61. The lowest BCUT2D eigenvalue weighted by molar-refractivity contribution is -0.388. The first-order chi connectivity index (χ1) is 9.49. The number of hydrogen-bond acceptors (Lipinski definition) is 5. The molecule has 0 amide bonds. The molecule has 2 aromatic rings. The quantitative estimate of drug-likeness (QED) is 0.686. The molecule has 0 unspecified atom stereocenters.